The van der Waals surface area contributed by atoms with Gasteiger partial charge in [-0.3, -0.25) is 4.79 Å². The second-order valence-corrected chi connectivity index (χ2v) is 8.27. The van der Waals surface area contributed by atoms with Gasteiger partial charge in [0.2, 0.25) is 0 Å². The number of hydrogen-bond donors (Lipinski definition) is 0. The Labute approximate surface area is 186 Å². The summed E-state index contributed by atoms with van der Waals surface area (Å²) in [6.07, 6.45) is 3.19. The lowest BCUT2D eigenvalue weighted by atomic mass is 10.0. The van der Waals surface area contributed by atoms with Crippen LogP contribution in [0.5, 0.6) is 0 Å². The van der Waals surface area contributed by atoms with Gasteiger partial charge in [-0.05, 0) is 55.5 Å². The second-order valence-electron chi connectivity index (χ2n) is 8.27. The van der Waals surface area contributed by atoms with Crippen molar-refractivity contribution in [1.82, 2.24) is 4.98 Å². The first-order valence-corrected chi connectivity index (χ1v) is 10.9. The van der Waals surface area contributed by atoms with Crippen LogP contribution >= 0.6 is 0 Å². The van der Waals surface area contributed by atoms with Crippen LogP contribution in [0.25, 0.3) is 22.2 Å². The molecule has 0 saturated heterocycles. The average Bonchev–Trinajstić information content (AvgIpc) is 3.30. The van der Waals surface area contributed by atoms with Crippen LogP contribution in [-0.2, 0) is 17.6 Å². The summed E-state index contributed by atoms with van der Waals surface area (Å²) in [6, 6.07) is 23.0. The molecule has 0 aliphatic heterocycles. The zero-order valence-corrected chi connectivity index (χ0v) is 17.9. The van der Waals surface area contributed by atoms with E-state index < -0.39 is 5.97 Å². The minimum atomic E-state index is -0.522. The van der Waals surface area contributed by atoms with Crippen LogP contribution in [0.1, 0.15) is 43.8 Å². The van der Waals surface area contributed by atoms with Crippen LogP contribution in [0.4, 0.5) is 0 Å². The normalized spacial score (nSPS) is 12.5. The van der Waals surface area contributed by atoms with Gasteiger partial charge in [0.1, 0.15) is 0 Å². The predicted octanol–water partition coefficient (Wildman–Crippen LogP) is 5.74. The molecular weight excluding hydrogens is 398 g/mol. The van der Waals surface area contributed by atoms with E-state index >= 15 is 0 Å². The molecule has 0 saturated carbocycles. The summed E-state index contributed by atoms with van der Waals surface area (Å²) in [5.41, 5.74) is 7.02. The molecule has 0 bridgehead atoms. The number of fused-ring (bicyclic) bond motifs is 2. The molecule has 4 nitrogen and oxygen atoms in total. The molecule has 1 aromatic heterocycles. The maximum atomic E-state index is 13.0. The SMILES string of the molecule is Cc1ccc(-c2cc(C(=O)OCC(=O)c3ccc4c(c3)CCC4)c3ccccc3n2)cc1. The number of benzene rings is 3. The Kier molecular flexibility index (Phi) is 5.28. The van der Waals surface area contributed by atoms with E-state index in [9.17, 15) is 9.59 Å². The van der Waals surface area contributed by atoms with Crippen LogP contribution < -0.4 is 0 Å². The van der Waals surface area contributed by atoms with E-state index in [0.717, 1.165) is 30.4 Å². The van der Waals surface area contributed by atoms with Gasteiger partial charge in [0.05, 0.1) is 16.8 Å². The zero-order valence-electron chi connectivity index (χ0n) is 17.9. The van der Waals surface area contributed by atoms with Crippen molar-refractivity contribution in [1.29, 1.82) is 0 Å². The molecule has 4 aromatic rings. The lowest BCUT2D eigenvalue weighted by molar-refractivity contribution is 0.0476. The number of aryl methyl sites for hydroxylation is 3. The topological polar surface area (TPSA) is 56.3 Å². The molecule has 0 amide bonds. The van der Waals surface area contributed by atoms with Crippen LogP contribution in [0.3, 0.4) is 0 Å². The van der Waals surface area contributed by atoms with Crippen molar-refractivity contribution in [2.75, 3.05) is 6.61 Å². The summed E-state index contributed by atoms with van der Waals surface area (Å²) in [7, 11) is 0. The standard InChI is InChI=1S/C28H23NO3/c1-18-9-11-20(12-10-18)26-16-24(23-7-2-3-8-25(23)29-26)28(31)32-17-27(30)22-14-13-19-5-4-6-21(19)15-22/h2-3,7-16H,4-6,17H2,1H3. The monoisotopic (exact) mass is 421 g/mol. The van der Waals surface area contributed by atoms with Crippen LogP contribution in [0, 0.1) is 6.92 Å². The summed E-state index contributed by atoms with van der Waals surface area (Å²) in [6.45, 7) is 1.74. The molecule has 4 heteroatoms. The summed E-state index contributed by atoms with van der Waals surface area (Å²) >= 11 is 0. The minimum absolute atomic E-state index is 0.190. The molecule has 3 aromatic carbocycles. The van der Waals surface area contributed by atoms with Gasteiger partial charge in [0, 0.05) is 16.5 Å². The quantitative estimate of drug-likeness (QED) is 0.305. The van der Waals surface area contributed by atoms with Gasteiger partial charge in [-0.25, -0.2) is 9.78 Å². The molecule has 1 aliphatic rings. The molecular formula is C28H23NO3. The number of Topliss-reactive ketones (excluding diaryl/α,β-unsaturated/α-hetero) is 1. The van der Waals surface area contributed by atoms with Gasteiger partial charge in [-0.2, -0.15) is 0 Å². The van der Waals surface area contributed by atoms with Crippen LogP contribution in [0.2, 0.25) is 0 Å². The first-order chi connectivity index (χ1) is 15.6. The highest BCUT2D eigenvalue weighted by Crippen LogP contribution is 2.26. The number of carbonyl (C=O) groups is 2. The summed E-state index contributed by atoms with van der Waals surface area (Å²) in [5, 5.41) is 0.707. The maximum absolute atomic E-state index is 13.0. The number of aromatic nitrogens is 1. The zero-order chi connectivity index (χ0) is 22.1. The van der Waals surface area contributed by atoms with E-state index in [1.54, 1.807) is 6.07 Å². The van der Waals surface area contributed by atoms with E-state index in [2.05, 4.69) is 0 Å². The lowest BCUT2D eigenvalue weighted by Crippen LogP contribution is -2.15. The number of pyridine rings is 1. The summed E-state index contributed by atoms with van der Waals surface area (Å²) in [4.78, 5) is 30.4. The molecule has 1 aliphatic carbocycles. The first kappa shape index (κ1) is 20.1. The van der Waals surface area contributed by atoms with Crippen molar-refractivity contribution < 1.29 is 14.3 Å². The Bertz CT molecular complexity index is 1340. The van der Waals surface area contributed by atoms with E-state index in [1.807, 2.05) is 73.7 Å². The van der Waals surface area contributed by atoms with Crippen LogP contribution in [0.15, 0.2) is 72.8 Å². The Hall–Kier alpha value is -3.79. The number of ether oxygens (including phenoxy) is 1. The van der Waals surface area contributed by atoms with E-state index in [4.69, 9.17) is 9.72 Å². The van der Waals surface area contributed by atoms with Gasteiger partial charge in [0.25, 0.3) is 0 Å². The molecule has 0 N–H and O–H groups in total. The Morgan fingerprint density at radius 1 is 0.906 bits per heavy atom. The number of esters is 1. The Morgan fingerprint density at radius 3 is 2.53 bits per heavy atom. The first-order valence-electron chi connectivity index (χ1n) is 10.9. The largest absolute Gasteiger partial charge is 0.454 e. The van der Waals surface area contributed by atoms with Gasteiger partial charge >= 0.3 is 5.97 Å². The van der Waals surface area contributed by atoms with E-state index in [-0.39, 0.29) is 12.4 Å². The van der Waals surface area contributed by atoms with Crippen molar-refractivity contribution in [3.8, 4) is 11.3 Å². The van der Waals surface area contributed by atoms with Crippen LogP contribution in [-0.4, -0.2) is 23.3 Å². The number of ketones is 1. The highest BCUT2D eigenvalue weighted by atomic mass is 16.5. The number of carbonyl (C=O) groups excluding carboxylic acids is 2. The van der Waals surface area contributed by atoms with E-state index in [1.165, 1.54) is 11.1 Å². The Balaban J connectivity index is 1.41. The molecule has 0 spiro atoms. The van der Waals surface area contributed by atoms with Gasteiger partial charge in [-0.15, -0.1) is 0 Å². The number of hydrogen-bond acceptors (Lipinski definition) is 4. The average molecular weight is 421 g/mol. The van der Waals surface area contributed by atoms with Crippen molar-refractivity contribution >= 4 is 22.7 Å². The molecule has 1 heterocycles. The fraction of sp³-hybridized carbons (Fsp3) is 0.179. The highest BCUT2D eigenvalue weighted by molar-refractivity contribution is 6.06. The van der Waals surface area contributed by atoms with Gasteiger partial charge in [0.15, 0.2) is 12.4 Å². The molecule has 32 heavy (non-hydrogen) atoms. The molecule has 5 rings (SSSR count). The summed E-state index contributed by atoms with van der Waals surface area (Å²) < 4.78 is 5.47. The molecule has 0 unspecified atom stereocenters. The number of para-hydroxylation sites is 1. The highest BCUT2D eigenvalue weighted by Gasteiger charge is 2.18. The minimum Gasteiger partial charge on any atom is -0.454 e. The lowest BCUT2D eigenvalue weighted by Gasteiger charge is -2.10. The fourth-order valence-corrected chi connectivity index (χ4v) is 4.25. The predicted molar refractivity (Wildman–Crippen MR) is 125 cm³/mol. The van der Waals surface area contributed by atoms with E-state index in [0.29, 0.717) is 27.7 Å². The van der Waals surface area contributed by atoms with Crippen molar-refractivity contribution in [2.24, 2.45) is 0 Å². The van der Waals surface area contributed by atoms with Crippen molar-refractivity contribution in [2.45, 2.75) is 26.2 Å². The fourth-order valence-electron chi connectivity index (χ4n) is 4.25. The second kappa shape index (κ2) is 8.39. The third-order valence-electron chi connectivity index (χ3n) is 6.04. The third-order valence-corrected chi connectivity index (χ3v) is 6.04. The maximum Gasteiger partial charge on any atom is 0.339 e. The third kappa shape index (κ3) is 3.92. The Morgan fingerprint density at radius 2 is 1.69 bits per heavy atom. The molecule has 0 radical (unpaired) electrons. The van der Waals surface area contributed by atoms with Gasteiger partial charge < -0.3 is 4.74 Å². The molecule has 0 atom stereocenters. The molecule has 158 valence electrons. The molecule has 0 fully saturated rings. The summed E-state index contributed by atoms with van der Waals surface area (Å²) in [5.74, 6) is -0.711. The number of nitrogens with zero attached hydrogens (tertiary/aromatic N) is 1. The smallest absolute Gasteiger partial charge is 0.339 e. The number of rotatable bonds is 5. The van der Waals surface area contributed by atoms with Crippen molar-refractivity contribution in [3.63, 3.8) is 0 Å². The van der Waals surface area contributed by atoms with Gasteiger partial charge in [-0.1, -0.05) is 60.2 Å². The van der Waals surface area contributed by atoms with Crippen molar-refractivity contribution in [3.05, 3.63) is 101 Å².